The Kier molecular flexibility index (Phi) is 5.76. The minimum atomic E-state index is -0.411. The molecule has 21 heavy (non-hydrogen) atoms. The molecule has 2 aromatic carbocycles. The largest absolute Gasteiger partial charge is 0.309 e. The minimum absolute atomic E-state index is 0.0728. The lowest BCUT2D eigenvalue weighted by Crippen LogP contribution is -2.28. The smallest absolute Gasteiger partial charge is 0.136 e. The van der Waals surface area contributed by atoms with Gasteiger partial charge >= 0.3 is 0 Å². The van der Waals surface area contributed by atoms with Gasteiger partial charge in [-0.2, -0.15) is 0 Å². The first-order valence-electron chi connectivity index (χ1n) is 7.02. The first kappa shape index (κ1) is 16.0. The van der Waals surface area contributed by atoms with Crippen molar-refractivity contribution in [2.75, 3.05) is 6.54 Å². The van der Waals surface area contributed by atoms with Crippen LogP contribution < -0.4 is 5.32 Å². The zero-order valence-corrected chi connectivity index (χ0v) is 13.0. The summed E-state index contributed by atoms with van der Waals surface area (Å²) in [6.07, 6.45) is 0. The second-order valence-corrected chi connectivity index (χ2v) is 6.26. The number of rotatable bonds is 6. The molecule has 0 amide bonds. The Bertz CT molecular complexity index is 574. The van der Waals surface area contributed by atoms with Crippen molar-refractivity contribution in [3.8, 4) is 0 Å². The second kappa shape index (κ2) is 7.57. The van der Waals surface area contributed by atoms with Crippen LogP contribution in [-0.4, -0.2) is 11.8 Å². The molecule has 2 aromatic rings. The summed E-state index contributed by atoms with van der Waals surface area (Å²) in [5.74, 6) is -0.789. The van der Waals surface area contributed by atoms with E-state index in [0.29, 0.717) is 4.90 Å². The van der Waals surface area contributed by atoms with Gasteiger partial charge in [0.05, 0.1) is 0 Å². The molecule has 0 saturated carbocycles. The summed E-state index contributed by atoms with van der Waals surface area (Å²) in [6.45, 7) is 4.88. The van der Waals surface area contributed by atoms with E-state index in [1.807, 2.05) is 44.2 Å². The molecule has 0 aliphatic rings. The van der Waals surface area contributed by atoms with Crippen LogP contribution in [0.15, 0.2) is 53.4 Å². The highest BCUT2D eigenvalue weighted by molar-refractivity contribution is 8.00. The maximum atomic E-state index is 13.8. The summed E-state index contributed by atoms with van der Waals surface area (Å²) in [5.41, 5.74) is 1.15. The summed E-state index contributed by atoms with van der Waals surface area (Å²) in [4.78, 5) is 0.348. The van der Waals surface area contributed by atoms with Crippen molar-refractivity contribution in [2.45, 2.75) is 30.0 Å². The number of hydrogen-bond acceptors (Lipinski definition) is 2. The van der Waals surface area contributed by atoms with Crippen LogP contribution in [-0.2, 0) is 0 Å². The van der Waals surface area contributed by atoms with Crippen molar-refractivity contribution in [3.63, 3.8) is 0 Å². The van der Waals surface area contributed by atoms with E-state index in [2.05, 4.69) is 5.32 Å². The third kappa shape index (κ3) is 4.29. The Morgan fingerprint density at radius 3 is 2.48 bits per heavy atom. The normalized spacial score (nSPS) is 13.9. The van der Waals surface area contributed by atoms with Crippen LogP contribution in [0, 0.1) is 11.6 Å². The molecule has 112 valence electrons. The highest BCUT2D eigenvalue weighted by Gasteiger charge is 2.20. The summed E-state index contributed by atoms with van der Waals surface area (Å²) in [6, 6.07) is 13.7. The lowest BCUT2D eigenvalue weighted by molar-refractivity contribution is 0.544. The molecular formula is C17H19F2NS. The molecule has 0 aliphatic carbocycles. The lowest BCUT2D eigenvalue weighted by atomic mass is 10.0. The first-order chi connectivity index (χ1) is 10.1. The Morgan fingerprint density at radius 1 is 1.10 bits per heavy atom. The maximum Gasteiger partial charge on any atom is 0.136 e. The van der Waals surface area contributed by atoms with Gasteiger partial charge in [-0.15, -0.1) is 11.8 Å². The van der Waals surface area contributed by atoms with Crippen molar-refractivity contribution in [3.05, 3.63) is 65.7 Å². The molecule has 4 heteroatoms. The summed E-state index contributed by atoms with van der Waals surface area (Å²) in [5, 5.41) is 3.49. The molecule has 1 N–H and O–H groups in total. The molecule has 2 rings (SSSR count). The predicted octanol–water partition coefficient (Wildman–Crippen LogP) is 4.80. The SMILES string of the molecule is CCNC(c1ccccc1)C(C)Sc1cc(F)ccc1F. The van der Waals surface area contributed by atoms with Crippen molar-refractivity contribution < 1.29 is 8.78 Å². The third-order valence-electron chi connectivity index (χ3n) is 3.26. The quantitative estimate of drug-likeness (QED) is 0.770. The first-order valence-corrected chi connectivity index (χ1v) is 7.89. The molecule has 0 aromatic heterocycles. The van der Waals surface area contributed by atoms with E-state index in [-0.39, 0.29) is 17.1 Å². The molecule has 0 heterocycles. The van der Waals surface area contributed by atoms with E-state index in [9.17, 15) is 8.78 Å². The van der Waals surface area contributed by atoms with Gasteiger partial charge in [0, 0.05) is 16.2 Å². The van der Waals surface area contributed by atoms with E-state index in [4.69, 9.17) is 0 Å². The van der Waals surface area contributed by atoms with Crippen molar-refractivity contribution in [1.82, 2.24) is 5.32 Å². The van der Waals surface area contributed by atoms with Crippen molar-refractivity contribution >= 4 is 11.8 Å². The zero-order chi connectivity index (χ0) is 15.2. The monoisotopic (exact) mass is 307 g/mol. The van der Waals surface area contributed by atoms with Gasteiger partial charge in [-0.05, 0) is 30.3 Å². The number of halogens is 2. The lowest BCUT2D eigenvalue weighted by Gasteiger charge is -2.25. The van der Waals surface area contributed by atoms with E-state index in [1.165, 1.54) is 23.9 Å². The fourth-order valence-corrected chi connectivity index (χ4v) is 3.42. The molecule has 0 bridgehead atoms. The number of hydrogen-bond donors (Lipinski definition) is 1. The molecule has 0 aliphatic heterocycles. The number of nitrogens with one attached hydrogen (secondary N) is 1. The van der Waals surface area contributed by atoms with Gasteiger partial charge in [0.1, 0.15) is 11.6 Å². The van der Waals surface area contributed by atoms with Gasteiger partial charge in [0.25, 0.3) is 0 Å². The van der Waals surface area contributed by atoms with Gasteiger partial charge in [-0.3, -0.25) is 0 Å². The van der Waals surface area contributed by atoms with Crippen molar-refractivity contribution in [2.24, 2.45) is 0 Å². The van der Waals surface area contributed by atoms with E-state index in [1.54, 1.807) is 0 Å². The summed E-state index contributed by atoms with van der Waals surface area (Å²) < 4.78 is 27.0. The highest BCUT2D eigenvalue weighted by Crippen LogP contribution is 2.33. The van der Waals surface area contributed by atoms with Gasteiger partial charge in [-0.1, -0.05) is 44.2 Å². The summed E-state index contributed by atoms with van der Waals surface area (Å²) >= 11 is 1.35. The van der Waals surface area contributed by atoms with Gasteiger partial charge in [0.2, 0.25) is 0 Å². The second-order valence-electron chi connectivity index (χ2n) is 4.84. The Morgan fingerprint density at radius 2 is 1.81 bits per heavy atom. The fourth-order valence-electron chi connectivity index (χ4n) is 2.27. The molecular weight excluding hydrogens is 288 g/mol. The topological polar surface area (TPSA) is 12.0 Å². The molecule has 2 atom stereocenters. The molecule has 0 radical (unpaired) electrons. The van der Waals surface area contributed by atoms with Crippen molar-refractivity contribution in [1.29, 1.82) is 0 Å². The van der Waals surface area contributed by atoms with Crippen LogP contribution in [0.25, 0.3) is 0 Å². The fraction of sp³-hybridized carbons (Fsp3) is 0.294. The molecule has 0 spiro atoms. The average molecular weight is 307 g/mol. The zero-order valence-electron chi connectivity index (χ0n) is 12.1. The standard InChI is InChI=1S/C17H19F2NS/c1-3-20-17(13-7-5-4-6-8-13)12(2)21-16-11-14(18)9-10-15(16)19/h4-12,17,20H,3H2,1-2H3. The predicted molar refractivity (Wildman–Crippen MR) is 84.5 cm³/mol. The van der Waals surface area contributed by atoms with Crippen LogP contribution in [0.2, 0.25) is 0 Å². The van der Waals surface area contributed by atoms with Crippen LogP contribution in [0.4, 0.5) is 8.78 Å². The van der Waals surface area contributed by atoms with Gasteiger partial charge < -0.3 is 5.32 Å². The van der Waals surface area contributed by atoms with Crippen LogP contribution >= 0.6 is 11.8 Å². The van der Waals surface area contributed by atoms with Crippen LogP contribution in [0.3, 0.4) is 0 Å². The van der Waals surface area contributed by atoms with E-state index in [0.717, 1.165) is 18.2 Å². The number of benzene rings is 2. The van der Waals surface area contributed by atoms with Crippen LogP contribution in [0.5, 0.6) is 0 Å². The van der Waals surface area contributed by atoms with Gasteiger partial charge in [0.15, 0.2) is 0 Å². The Hall–Kier alpha value is -1.39. The molecule has 0 saturated heterocycles. The number of thioether (sulfide) groups is 1. The average Bonchev–Trinajstić information content (AvgIpc) is 2.49. The maximum absolute atomic E-state index is 13.8. The molecule has 2 unspecified atom stereocenters. The minimum Gasteiger partial charge on any atom is -0.309 e. The molecule has 1 nitrogen and oxygen atoms in total. The Balaban J connectivity index is 2.19. The van der Waals surface area contributed by atoms with Gasteiger partial charge in [-0.25, -0.2) is 8.78 Å². The van der Waals surface area contributed by atoms with E-state index >= 15 is 0 Å². The summed E-state index contributed by atoms with van der Waals surface area (Å²) in [7, 11) is 0. The molecule has 0 fully saturated rings. The van der Waals surface area contributed by atoms with Crippen LogP contribution in [0.1, 0.15) is 25.5 Å². The Labute approximate surface area is 128 Å². The van der Waals surface area contributed by atoms with E-state index < -0.39 is 5.82 Å². The third-order valence-corrected chi connectivity index (χ3v) is 4.47. The highest BCUT2D eigenvalue weighted by atomic mass is 32.2.